The Morgan fingerprint density at radius 3 is 2.46 bits per heavy atom. The summed E-state index contributed by atoms with van der Waals surface area (Å²) in [4.78, 5) is 0. The van der Waals surface area contributed by atoms with Crippen LogP contribution >= 0.6 is 0 Å². The van der Waals surface area contributed by atoms with Crippen LogP contribution in [0.4, 0.5) is 0 Å². The van der Waals surface area contributed by atoms with Gasteiger partial charge < -0.3 is 5.32 Å². The van der Waals surface area contributed by atoms with Crippen molar-refractivity contribution in [1.82, 2.24) is 5.32 Å². The third-order valence-electron chi connectivity index (χ3n) is 3.54. The maximum absolute atomic E-state index is 3.70. The van der Waals surface area contributed by atoms with Crippen molar-refractivity contribution in [2.75, 3.05) is 6.54 Å². The van der Waals surface area contributed by atoms with Gasteiger partial charge in [-0.15, -0.1) is 0 Å². The quantitative estimate of drug-likeness (QED) is 0.706. The van der Waals surface area contributed by atoms with Crippen LogP contribution in [0.25, 0.3) is 0 Å². The molecule has 0 aromatic carbocycles. The zero-order valence-electron chi connectivity index (χ0n) is 9.64. The molecule has 0 amide bonds. The van der Waals surface area contributed by atoms with Crippen molar-refractivity contribution in [3.05, 3.63) is 0 Å². The molecule has 1 N–H and O–H groups in total. The summed E-state index contributed by atoms with van der Waals surface area (Å²) >= 11 is 0. The molecule has 1 fully saturated rings. The van der Waals surface area contributed by atoms with Gasteiger partial charge in [0, 0.05) is 6.04 Å². The Labute approximate surface area is 83.3 Å². The molecule has 1 saturated carbocycles. The van der Waals surface area contributed by atoms with Crippen LogP contribution in [0.3, 0.4) is 0 Å². The van der Waals surface area contributed by atoms with Crippen LogP contribution < -0.4 is 5.32 Å². The van der Waals surface area contributed by atoms with E-state index in [-0.39, 0.29) is 0 Å². The highest BCUT2D eigenvalue weighted by molar-refractivity contribution is 4.86. The minimum atomic E-state index is 0.785. The summed E-state index contributed by atoms with van der Waals surface area (Å²) in [5, 5.41) is 3.70. The first-order valence-corrected chi connectivity index (χ1v) is 5.88. The van der Waals surface area contributed by atoms with Crippen LogP contribution in [-0.2, 0) is 0 Å². The van der Waals surface area contributed by atoms with Gasteiger partial charge in [0.05, 0.1) is 0 Å². The fourth-order valence-corrected chi connectivity index (χ4v) is 2.50. The maximum atomic E-state index is 3.70. The monoisotopic (exact) mass is 183 g/mol. The van der Waals surface area contributed by atoms with Crippen molar-refractivity contribution in [3.63, 3.8) is 0 Å². The summed E-state index contributed by atoms with van der Waals surface area (Å²) in [5.41, 5.74) is 0. The SMILES string of the molecule is CCC1CCC(NCC(C)C)C1C. The average molecular weight is 183 g/mol. The lowest BCUT2D eigenvalue weighted by Gasteiger charge is -2.21. The van der Waals surface area contributed by atoms with Gasteiger partial charge in [-0.05, 0) is 37.1 Å². The molecule has 0 saturated heterocycles. The molecule has 0 bridgehead atoms. The molecule has 1 aliphatic carbocycles. The first-order valence-electron chi connectivity index (χ1n) is 5.88. The van der Waals surface area contributed by atoms with Crippen molar-refractivity contribution in [2.45, 2.75) is 53.0 Å². The van der Waals surface area contributed by atoms with Gasteiger partial charge >= 0.3 is 0 Å². The molecule has 0 aliphatic heterocycles. The van der Waals surface area contributed by atoms with E-state index in [1.165, 1.54) is 25.8 Å². The number of rotatable bonds is 4. The molecule has 0 aromatic heterocycles. The molecule has 0 aromatic rings. The van der Waals surface area contributed by atoms with E-state index in [2.05, 4.69) is 33.0 Å². The highest BCUT2D eigenvalue weighted by Gasteiger charge is 2.30. The van der Waals surface area contributed by atoms with E-state index in [4.69, 9.17) is 0 Å². The van der Waals surface area contributed by atoms with Gasteiger partial charge in [-0.1, -0.05) is 34.1 Å². The second kappa shape index (κ2) is 4.99. The van der Waals surface area contributed by atoms with Gasteiger partial charge in [0.1, 0.15) is 0 Å². The zero-order chi connectivity index (χ0) is 9.84. The van der Waals surface area contributed by atoms with Gasteiger partial charge in [0.2, 0.25) is 0 Å². The maximum Gasteiger partial charge on any atom is 0.00955 e. The van der Waals surface area contributed by atoms with Crippen LogP contribution in [0.2, 0.25) is 0 Å². The standard InChI is InChI=1S/C12H25N/c1-5-11-6-7-12(10(11)4)13-8-9(2)3/h9-13H,5-8H2,1-4H3. The van der Waals surface area contributed by atoms with Crippen LogP contribution in [0.1, 0.15) is 47.0 Å². The normalized spacial score (nSPS) is 34.4. The molecule has 0 heterocycles. The zero-order valence-corrected chi connectivity index (χ0v) is 9.64. The second-order valence-electron chi connectivity index (χ2n) is 5.01. The third-order valence-corrected chi connectivity index (χ3v) is 3.54. The van der Waals surface area contributed by atoms with E-state index in [1.807, 2.05) is 0 Å². The Hall–Kier alpha value is -0.0400. The molecule has 0 spiro atoms. The lowest BCUT2D eigenvalue weighted by atomic mass is 9.93. The van der Waals surface area contributed by atoms with Crippen LogP contribution in [0.5, 0.6) is 0 Å². The molecular formula is C12H25N. The molecular weight excluding hydrogens is 158 g/mol. The fourth-order valence-electron chi connectivity index (χ4n) is 2.50. The van der Waals surface area contributed by atoms with Crippen molar-refractivity contribution in [3.8, 4) is 0 Å². The number of hydrogen-bond donors (Lipinski definition) is 1. The first-order chi connectivity index (χ1) is 6.15. The highest BCUT2D eigenvalue weighted by atomic mass is 14.9. The van der Waals surface area contributed by atoms with Gasteiger partial charge in [0.25, 0.3) is 0 Å². The van der Waals surface area contributed by atoms with Gasteiger partial charge in [0.15, 0.2) is 0 Å². The molecule has 1 aliphatic rings. The van der Waals surface area contributed by atoms with E-state index < -0.39 is 0 Å². The van der Waals surface area contributed by atoms with Gasteiger partial charge in [-0.25, -0.2) is 0 Å². The van der Waals surface area contributed by atoms with E-state index in [0.29, 0.717) is 0 Å². The summed E-state index contributed by atoms with van der Waals surface area (Å²) in [6.45, 7) is 10.5. The molecule has 3 unspecified atom stereocenters. The van der Waals surface area contributed by atoms with Crippen LogP contribution in [0.15, 0.2) is 0 Å². The second-order valence-corrected chi connectivity index (χ2v) is 5.01. The summed E-state index contributed by atoms with van der Waals surface area (Å²) in [5.74, 6) is 2.65. The first kappa shape index (κ1) is 11.0. The Balaban J connectivity index is 2.28. The van der Waals surface area contributed by atoms with Crippen LogP contribution in [0, 0.1) is 17.8 Å². The van der Waals surface area contributed by atoms with Crippen molar-refractivity contribution in [2.24, 2.45) is 17.8 Å². The Morgan fingerprint density at radius 1 is 1.31 bits per heavy atom. The molecule has 1 heteroatoms. The molecule has 13 heavy (non-hydrogen) atoms. The summed E-state index contributed by atoms with van der Waals surface area (Å²) in [6.07, 6.45) is 4.20. The molecule has 78 valence electrons. The highest BCUT2D eigenvalue weighted by Crippen LogP contribution is 2.33. The number of hydrogen-bond acceptors (Lipinski definition) is 1. The van der Waals surface area contributed by atoms with Gasteiger partial charge in [-0.3, -0.25) is 0 Å². The average Bonchev–Trinajstić information content (AvgIpc) is 2.43. The van der Waals surface area contributed by atoms with E-state index in [0.717, 1.165) is 23.8 Å². The lowest BCUT2D eigenvalue weighted by molar-refractivity contribution is 0.336. The van der Waals surface area contributed by atoms with E-state index in [1.54, 1.807) is 0 Å². The van der Waals surface area contributed by atoms with Gasteiger partial charge in [-0.2, -0.15) is 0 Å². The predicted molar refractivity (Wildman–Crippen MR) is 58.8 cm³/mol. The van der Waals surface area contributed by atoms with Crippen LogP contribution in [-0.4, -0.2) is 12.6 Å². The Morgan fingerprint density at radius 2 is 2.00 bits per heavy atom. The van der Waals surface area contributed by atoms with Crippen molar-refractivity contribution in [1.29, 1.82) is 0 Å². The lowest BCUT2D eigenvalue weighted by Crippen LogP contribution is -2.35. The van der Waals surface area contributed by atoms with Crippen molar-refractivity contribution < 1.29 is 0 Å². The minimum absolute atomic E-state index is 0.785. The fraction of sp³-hybridized carbons (Fsp3) is 1.00. The molecule has 1 nitrogen and oxygen atoms in total. The predicted octanol–water partition coefficient (Wildman–Crippen LogP) is 3.06. The van der Waals surface area contributed by atoms with Crippen molar-refractivity contribution >= 4 is 0 Å². The van der Waals surface area contributed by atoms with E-state index >= 15 is 0 Å². The largest absolute Gasteiger partial charge is 0.313 e. The molecule has 3 atom stereocenters. The molecule has 1 rings (SSSR count). The summed E-state index contributed by atoms with van der Waals surface area (Å²) in [6, 6.07) is 0.798. The Bertz CT molecular complexity index is 142. The summed E-state index contributed by atoms with van der Waals surface area (Å²) < 4.78 is 0. The van der Waals surface area contributed by atoms with E-state index in [9.17, 15) is 0 Å². The topological polar surface area (TPSA) is 12.0 Å². The third kappa shape index (κ3) is 2.98. The minimum Gasteiger partial charge on any atom is -0.313 e. The summed E-state index contributed by atoms with van der Waals surface area (Å²) in [7, 11) is 0. The molecule has 0 radical (unpaired) electrons. The Kier molecular flexibility index (Phi) is 4.24. The smallest absolute Gasteiger partial charge is 0.00955 e. The number of nitrogens with one attached hydrogen (secondary N) is 1.